The zero-order valence-electron chi connectivity index (χ0n) is 14.1. The van der Waals surface area contributed by atoms with Crippen molar-refractivity contribution in [2.75, 3.05) is 32.6 Å². The van der Waals surface area contributed by atoms with E-state index < -0.39 is 0 Å². The Kier molecular flexibility index (Phi) is 18.5. The molecule has 0 atom stereocenters. The predicted molar refractivity (Wildman–Crippen MR) is 89.0 cm³/mol. The highest BCUT2D eigenvalue weighted by Gasteiger charge is 2.19. The topological polar surface area (TPSA) is 0 Å². The minimum absolute atomic E-state index is 0. The number of rotatable bonds is 14. The molecule has 0 aromatic rings. The van der Waals surface area contributed by atoms with Crippen molar-refractivity contribution < 1.29 is 21.5 Å². The van der Waals surface area contributed by atoms with Gasteiger partial charge >= 0.3 is 0 Å². The molecule has 0 aromatic heterocycles. The monoisotopic (exact) mass is 369 g/mol. The van der Waals surface area contributed by atoms with Crippen molar-refractivity contribution in [3.63, 3.8) is 0 Å². The zero-order chi connectivity index (χ0) is 14.4. The Bertz CT molecular complexity index is 176. The van der Waals surface area contributed by atoms with Gasteiger partial charge < -0.3 is 21.5 Å². The number of nitrogens with zero attached hydrogens (tertiary/aromatic N) is 1. The third-order valence-corrected chi connectivity index (χ3v) is 4.45. The van der Waals surface area contributed by atoms with E-state index in [0.717, 1.165) is 5.88 Å². The first-order chi connectivity index (χ1) is 9.18. The molecule has 0 rings (SSSR count). The molecule has 0 unspecified atom stereocenters. The van der Waals surface area contributed by atoms with Gasteiger partial charge in [-0.1, -0.05) is 39.5 Å². The fraction of sp³-hybridized carbons (Fsp3) is 1.00. The van der Waals surface area contributed by atoms with Crippen LogP contribution in [0.25, 0.3) is 0 Å². The van der Waals surface area contributed by atoms with Crippen LogP contribution in [0.1, 0.15) is 78.1 Å². The number of alkyl halides is 1. The molecule has 0 saturated heterocycles. The molecular formula is C17H37BrClN. The van der Waals surface area contributed by atoms with Crippen LogP contribution in [-0.2, 0) is 0 Å². The van der Waals surface area contributed by atoms with Crippen LogP contribution in [0, 0.1) is 0 Å². The van der Waals surface area contributed by atoms with Crippen LogP contribution in [-0.4, -0.2) is 37.0 Å². The van der Waals surface area contributed by atoms with Gasteiger partial charge in [0, 0.05) is 5.88 Å². The predicted octanol–water partition coefficient (Wildman–Crippen LogP) is 2.62. The van der Waals surface area contributed by atoms with Crippen LogP contribution in [0.4, 0.5) is 0 Å². The Morgan fingerprint density at radius 1 is 0.650 bits per heavy atom. The molecule has 0 radical (unpaired) electrons. The van der Waals surface area contributed by atoms with Crippen molar-refractivity contribution in [2.24, 2.45) is 0 Å². The fourth-order valence-corrected chi connectivity index (χ4v) is 2.95. The van der Waals surface area contributed by atoms with Crippen LogP contribution in [0.3, 0.4) is 0 Å². The Morgan fingerprint density at radius 3 is 1.40 bits per heavy atom. The number of quaternary nitrogens is 1. The molecule has 0 bridgehead atoms. The lowest BCUT2D eigenvalue weighted by Crippen LogP contribution is -3.00. The maximum atomic E-state index is 5.81. The lowest BCUT2D eigenvalue weighted by atomic mass is 10.1. The maximum absolute atomic E-state index is 5.81. The second-order valence-corrected chi connectivity index (χ2v) is 6.69. The molecule has 0 amide bonds. The standard InChI is InChI=1S/C17H37ClN.BrH/c1-4-6-8-11-15-19(3,17-13-10-14-18)16-12-9-7-5-2;/h4-17H2,1-3H3;1H/q+1;/p-1. The van der Waals surface area contributed by atoms with Crippen molar-refractivity contribution in [3.8, 4) is 0 Å². The van der Waals surface area contributed by atoms with E-state index >= 15 is 0 Å². The van der Waals surface area contributed by atoms with E-state index in [2.05, 4.69) is 20.9 Å². The molecule has 0 aliphatic heterocycles. The van der Waals surface area contributed by atoms with Gasteiger partial charge in [-0.15, -0.1) is 11.6 Å². The minimum Gasteiger partial charge on any atom is -1.00 e. The van der Waals surface area contributed by atoms with Crippen LogP contribution in [0.5, 0.6) is 0 Å². The van der Waals surface area contributed by atoms with Gasteiger partial charge in [-0.3, -0.25) is 0 Å². The second-order valence-electron chi connectivity index (χ2n) is 6.31. The minimum atomic E-state index is 0. The highest BCUT2D eigenvalue weighted by atomic mass is 79.9. The van der Waals surface area contributed by atoms with E-state index in [4.69, 9.17) is 11.6 Å². The molecule has 1 nitrogen and oxygen atoms in total. The van der Waals surface area contributed by atoms with Crippen molar-refractivity contribution >= 4 is 11.6 Å². The molecule has 0 fully saturated rings. The summed E-state index contributed by atoms with van der Waals surface area (Å²) < 4.78 is 1.28. The van der Waals surface area contributed by atoms with Crippen LogP contribution >= 0.6 is 11.6 Å². The van der Waals surface area contributed by atoms with Gasteiger partial charge in [0.1, 0.15) is 0 Å². The largest absolute Gasteiger partial charge is 1.00 e. The average molecular weight is 371 g/mol. The average Bonchev–Trinajstić information content (AvgIpc) is 2.41. The SMILES string of the molecule is CCCCCC[N+](C)(CCCCCl)CCCCCC.[Br-]. The third-order valence-electron chi connectivity index (χ3n) is 4.18. The van der Waals surface area contributed by atoms with Crippen molar-refractivity contribution in [2.45, 2.75) is 78.1 Å². The number of halogens is 2. The van der Waals surface area contributed by atoms with Gasteiger partial charge in [-0.05, 0) is 38.5 Å². The molecule has 0 heterocycles. The molecule has 0 aliphatic carbocycles. The van der Waals surface area contributed by atoms with Crippen molar-refractivity contribution in [1.82, 2.24) is 0 Å². The quantitative estimate of drug-likeness (QED) is 0.250. The van der Waals surface area contributed by atoms with Gasteiger partial charge in [0.05, 0.1) is 26.7 Å². The summed E-state index contributed by atoms with van der Waals surface area (Å²) in [6.07, 6.45) is 13.6. The van der Waals surface area contributed by atoms with Crippen LogP contribution < -0.4 is 17.0 Å². The van der Waals surface area contributed by atoms with Gasteiger partial charge in [-0.25, -0.2) is 0 Å². The normalized spacial score (nSPS) is 11.4. The summed E-state index contributed by atoms with van der Waals surface area (Å²) in [6, 6.07) is 0. The summed E-state index contributed by atoms with van der Waals surface area (Å²) in [6.45, 7) is 8.65. The number of unbranched alkanes of at least 4 members (excludes halogenated alkanes) is 7. The molecule has 20 heavy (non-hydrogen) atoms. The van der Waals surface area contributed by atoms with E-state index in [1.807, 2.05) is 0 Å². The van der Waals surface area contributed by atoms with E-state index in [-0.39, 0.29) is 17.0 Å². The molecule has 0 spiro atoms. The Morgan fingerprint density at radius 2 is 1.05 bits per heavy atom. The third kappa shape index (κ3) is 13.7. The van der Waals surface area contributed by atoms with Crippen molar-refractivity contribution in [3.05, 3.63) is 0 Å². The number of hydrogen-bond acceptors (Lipinski definition) is 0. The lowest BCUT2D eigenvalue weighted by Gasteiger charge is -2.35. The highest BCUT2D eigenvalue weighted by Crippen LogP contribution is 2.13. The second kappa shape index (κ2) is 16.1. The zero-order valence-corrected chi connectivity index (χ0v) is 16.4. The molecule has 124 valence electrons. The highest BCUT2D eigenvalue weighted by molar-refractivity contribution is 6.17. The fourth-order valence-electron chi connectivity index (χ4n) is 2.76. The Labute approximate surface area is 143 Å². The Hall–Kier alpha value is 0.730. The maximum Gasteiger partial charge on any atom is 0.0784 e. The summed E-state index contributed by atoms with van der Waals surface area (Å²) in [5, 5.41) is 0. The van der Waals surface area contributed by atoms with Crippen LogP contribution in [0.15, 0.2) is 0 Å². The smallest absolute Gasteiger partial charge is 0.0784 e. The van der Waals surface area contributed by atoms with Crippen molar-refractivity contribution in [1.29, 1.82) is 0 Å². The summed E-state index contributed by atoms with van der Waals surface area (Å²) in [5.74, 6) is 0.825. The first-order valence-corrected chi connectivity index (χ1v) is 9.11. The van der Waals surface area contributed by atoms with Gasteiger partial charge in [0.15, 0.2) is 0 Å². The molecule has 3 heteroatoms. The molecule has 0 N–H and O–H groups in total. The van der Waals surface area contributed by atoms with E-state index in [9.17, 15) is 0 Å². The van der Waals surface area contributed by atoms with Gasteiger partial charge in [0.25, 0.3) is 0 Å². The first-order valence-electron chi connectivity index (χ1n) is 8.58. The first kappa shape index (κ1) is 23.0. The summed E-state index contributed by atoms with van der Waals surface area (Å²) >= 11 is 5.81. The summed E-state index contributed by atoms with van der Waals surface area (Å²) in [4.78, 5) is 0. The van der Waals surface area contributed by atoms with E-state index in [1.54, 1.807) is 0 Å². The van der Waals surface area contributed by atoms with Gasteiger partial charge in [0.2, 0.25) is 0 Å². The molecule has 0 saturated carbocycles. The Balaban J connectivity index is 0. The van der Waals surface area contributed by atoms with E-state index in [0.29, 0.717) is 0 Å². The molecule has 0 aromatic carbocycles. The summed E-state index contributed by atoms with van der Waals surface area (Å²) in [5.41, 5.74) is 0. The molecular weight excluding hydrogens is 334 g/mol. The van der Waals surface area contributed by atoms with Crippen LogP contribution in [0.2, 0.25) is 0 Å². The van der Waals surface area contributed by atoms with E-state index in [1.165, 1.54) is 88.3 Å². The summed E-state index contributed by atoms with van der Waals surface area (Å²) in [7, 11) is 2.46. The number of hydrogen-bond donors (Lipinski definition) is 0. The molecule has 0 aliphatic rings. The van der Waals surface area contributed by atoms with Gasteiger partial charge in [-0.2, -0.15) is 0 Å². The lowest BCUT2D eigenvalue weighted by molar-refractivity contribution is -0.910.